The maximum atomic E-state index is 12.1. The normalized spacial score (nSPS) is 13.3. The van der Waals surface area contributed by atoms with Crippen molar-refractivity contribution in [3.05, 3.63) is 31.8 Å². The molecular weight excluding hydrogens is 397 g/mol. The molecular formula is C12H15BrINO2. The van der Waals surface area contributed by atoms with Crippen LogP contribution in [0.25, 0.3) is 0 Å². The van der Waals surface area contributed by atoms with Crippen LogP contribution >= 0.6 is 38.5 Å². The van der Waals surface area contributed by atoms with Crippen LogP contribution < -0.4 is 5.32 Å². The van der Waals surface area contributed by atoms with E-state index in [1.165, 1.54) is 0 Å². The number of amides is 1. The van der Waals surface area contributed by atoms with Gasteiger partial charge in [0.2, 0.25) is 0 Å². The van der Waals surface area contributed by atoms with Crippen LogP contribution in [0, 0.1) is 3.57 Å². The summed E-state index contributed by atoms with van der Waals surface area (Å²) >= 11 is 5.50. The maximum Gasteiger partial charge on any atom is 0.252 e. The SMILES string of the molecule is CC(O)C(C)(C)NC(=O)c1cc(I)ccc1Br. The third-order valence-electron chi connectivity index (χ3n) is 2.65. The standard InChI is InChI=1S/C12H15BrINO2/c1-7(16)12(2,3)15-11(17)9-6-8(14)4-5-10(9)13/h4-7,16H,1-3H3,(H,15,17). The molecule has 0 aliphatic heterocycles. The summed E-state index contributed by atoms with van der Waals surface area (Å²) in [6.07, 6.45) is -0.618. The Morgan fingerprint density at radius 1 is 1.53 bits per heavy atom. The first-order valence-corrected chi connectivity index (χ1v) is 7.07. The fourth-order valence-electron chi connectivity index (χ4n) is 1.14. The van der Waals surface area contributed by atoms with Crippen LogP contribution in [0.5, 0.6) is 0 Å². The van der Waals surface area contributed by atoms with Crippen LogP contribution in [-0.2, 0) is 0 Å². The number of hydrogen-bond acceptors (Lipinski definition) is 2. The van der Waals surface area contributed by atoms with E-state index in [4.69, 9.17) is 0 Å². The van der Waals surface area contributed by atoms with E-state index in [2.05, 4.69) is 43.8 Å². The Hall–Kier alpha value is -0.140. The minimum atomic E-state index is -0.655. The molecule has 0 saturated carbocycles. The second kappa shape index (κ2) is 5.67. The molecule has 2 N–H and O–H groups in total. The predicted molar refractivity (Wildman–Crippen MR) is 80.1 cm³/mol. The topological polar surface area (TPSA) is 49.3 Å². The van der Waals surface area contributed by atoms with Gasteiger partial charge in [0.1, 0.15) is 0 Å². The van der Waals surface area contributed by atoms with E-state index in [0.717, 1.165) is 8.04 Å². The fraction of sp³-hybridized carbons (Fsp3) is 0.417. The first-order chi connectivity index (χ1) is 7.74. The number of hydrogen-bond donors (Lipinski definition) is 2. The van der Waals surface area contributed by atoms with Crippen molar-refractivity contribution in [1.82, 2.24) is 5.32 Å². The van der Waals surface area contributed by atoms with Crippen molar-refractivity contribution < 1.29 is 9.90 Å². The molecule has 5 heteroatoms. The number of nitrogens with one attached hydrogen (secondary N) is 1. The first-order valence-electron chi connectivity index (χ1n) is 5.19. The Morgan fingerprint density at radius 2 is 2.12 bits per heavy atom. The molecule has 1 atom stereocenters. The number of benzene rings is 1. The van der Waals surface area contributed by atoms with E-state index in [1.54, 1.807) is 26.8 Å². The fourth-order valence-corrected chi connectivity index (χ4v) is 2.05. The lowest BCUT2D eigenvalue weighted by molar-refractivity contribution is 0.0708. The summed E-state index contributed by atoms with van der Waals surface area (Å²) in [6.45, 7) is 5.23. The molecule has 1 rings (SSSR count). The van der Waals surface area contributed by atoms with Crippen molar-refractivity contribution in [2.75, 3.05) is 0 Å². The lowest BCUT2D eigenvalue weighted by Crippen LogP contribution is -2.51. The van der Waals surface area contributed by atoms with Crippen molar-refractivity contribution in [1.29, 1.82) is 0 Å². The summed E-state index contributed by atoms with van der Waals surface area (Å²) < 4.78 is 1.74. The minimum absolute atomic E-state index is 0.193. The van der Waals surface area contributed by atoms with Crippen molar-refractivity contribution in [2.45, 2.75) is 32.4 Å². The highest BCUT2D eigenvalue weighted by Gasteiger charge is 2.27. The van der Waals surface area contributed by atoms with Crippen LogP contribution in [-0.4, -0.2) is 22.7 Å². The molecule has 0 radical (unpaired) electrons. The number of rotatable bonds is 3. The third-order valence-corrected chi connectivity index (χ3v) is 4.02. The summed E-state index contributed by atoms with van der Waals surface area (Å²) in [5, 5.41) is 12.4. The van der Waals surface area contributed by atoms with Crippen LogP contribution in [0.2, 0.25) is 0 Å². The van der Waals surface area contributed by atoms with Crippen LogP contribution in [0.3, 0.4) is 0 Å². The summed E-state index contributed by atoms with van der Waals surface area (Å²) in [6, 6.07) is 5.56. The molecule has 0 aromatic heterocycles. The van der Waals surface area contributed by atoms with Gasteiger partial charge in [0.15, 0.2) is 0 Å². The second-order valence-electron chi connectivity index (χ2n) is 4.48. The van der Waals surface area contributed by atoms with E-state index in [-0.39, 0.29) is 5.91 Å². The number of halogens is 2. The summed E-state index contributed by atoms with van der Waals surface area (Å²) in [5.74, 6) is -0.193. The van der Waals surface area contributed by atoms with Gasteiger partial charge in [-0.2, -0.15) is 0 Å². The molecule has 1 amide bonds. The van der Waals surface area contributed by atoms with Gasteiger partial charge in [-0.15, -0.1) is 0 Å². The zero-order valence-corrected chi connectivity index (χ0v) is 13.7. The average molecular weight is 412 g/mol. The van der Waals surface area contributed by atoms with Gasteiger partial charge in [0.25, 0.3) is 5.91 Å². The van der Waals surface area contributed by atoms with Gasteiger partial charge >= 0.3 is 0 Å². The number of aliphatic hydroxyl groups is 1. The largest absolute Gasteiger partial charge is 0.391 e. The van der Waals surface area contributed by atoms with E-state index >= 15 is 0 Å². The Bertz CT molecular complexity index is 433. The van der Waals surface area contributed by atoms with Crippen molar-refractivity contribution in [3.8, 4) is 0 Å². The molecule has 0 aliphatic rings. The van der Waals surface area contributed by atoms with Gasteiger partial charge in [0.05, 0.1) is 17.2 Å². The molecule has 0 spiro atoms. The Kier molecular flexibility index (Phi) is 4.97. The van der Waals surface area contributed by atoms with Crippen molar-refractivity contribution in [3.63, 3.8) is 0 Å². The van der Waals surface area contributed by atoms with Gasteiger partial charge in [0, 0.05) is 8.04 Å². The summed E-state index contributed by atoms with van der Waals surface area (Å²) in [7, 11) is 0. The van der Waals surface area contributed by atoms with Gasteiger partial charge in [-0.1, -0.05) is 0 Å². The van der Waals surface area contributed by atoms with E-state index in [1.807, 2.05) is 12.1 Å². The second-order valence-corrected chi connectivity index (χ2v) is 6.58. The molecule has 0 saturated heterocycles. The first kappa shape index (κ1) is 14.9. The molecule has 3 nitrogen and oxygen atoms in total. The predicted octanol–water partition coefficient (Wildman–Crippen LogP) is 2.94. The number of aliphatic hydroxyl groups excluding tert-OH is 1. The lowest BCUT2D eigenvalue weighted by Gasteiger charge is -2.29. The molecule has 1 aromatic rings. The van der Waals surface area contributed by atoms with Crippen molar-refractivity contribution in [2.24, 2.45) is 0 Å². The van der Waals surface area contributed by atoms with Crippen LogP contribution in [0.4, 0.5) is 0 Å². The molecule has 0 aliphatic carbocycles. The zero-order valence-electron chi connectivity index (χ0n) is 9.92. The Morgan fingerprint density at radius 3 is 2.65 bits per heavy atom. The molecule has 1 aromatic carbocycles. The highest BCUT2D eigenvalue weighted by Crippen LogP contribution is 2.20. The van der Waals surface area contributed by atoms with Crippen LogP contribution in [0.1, 0.15) is 31.1 Å². The maximum absolute atomic E-state index is 12.1. The van der Waals surface area contributed by atoms with E-state index < -0.39 is 11.6 Å². The Labute approximate surface area is 123 Å². The van der Waals surface area contributed by atoms with Gasteiger partial charge in [-0.05, 0) is 77.5 Å². The molecule has 94 valence electrons. The van der Waals surface area contributed by atoms with Gasteiger partial charge in [-0.3, -0.25) is 4.79 Å². The highest BCUT2D eigenvalue weighted by molar-refractivity contribution is 14.1. The van der Waals surface area contributed by atoms with Gasteiger partial charge in [-0.25, -0.2) is 0 Å². The van der Waals surface area contributed by atoms with E-state index in [0.29, 0.717) is 5.56 Å². The molecule has 1 unspecified atom stereocenters. The number of carbonyl (C=O) groups is 1. The molecule has 0 bridgehead atoms. The average Bonchev–Trinajstić information content (AvgIpc) is 2.20. The highest BCUT2D eigenvalue weighted by atomic mass is 127. The zero-order chi connectivity index (χ0) is 13.2. The molecule has 17 heavy (non-hydrogen) atoms. The monoisotopic (exact) mass is 411 g/mol. The van der Waals surface area contributed by atoms with Crippen molar-refractivity contribution >= 4 is 44.4 Å². The van der Waals surface area contributed by atoms with Gasteiger partial charge < -0.3 is 10.4 Å². The lowest BCUT2D eigenvalue weighted by atomic mass is 9.98. The molecule has 0 heterocycles. The van der Waals surface area contributed by atoms with E-state index in [9.17, 15) is 9.90 Å². The third kappa shape index (κ3) is 3.93. The quantitative estimate of drug-likeness (QED) is 0.751. The Balaban J connectivity index is 2.94. The smallest absolute Gasteiger partial charge is 0.252 e. The number of carbonyl (C=O) groups excluding carboxylic acids is 1. The minimum Gasteiger partial charge on any atom is -0.391 e. The summed E-state index contributed by atoms with van der Waals surface area (Å²) in [4.78, 5) is 12.1. The molecule has 0 fully saturated rings. The summed E-state index contributed by atoms with van der Waals surface area (Å²) in [5.41, 5.74) is -0.0803. The van der Waals surface area contributed by atoms with Crippen LogP contribution in [0.15, 0.2) is 22.7 Å².